The summed E-state index contributed by atoms with van der Waals surface area (Å²) in [6.07, 6.45) is 3.64. The molecule has 23 heavy (non-hydrogen) atoms. The van der Waals surface area contributed by atoms with Gasteiger partial charge in [-0.1, -0.05) is 6.92 Å². The molecule has 1 fully saturated rings. The van der Waals surface area contributed by atoms with Gasteiger partial charge in [-0.05, 0) is 46.0 Å². The highest BCUT2D eigenvalue weighted by Crippen LogP contribution is 2.29. The minimum atomic E-state index is -0.444. The summed E-state index contributed by atoms with van der Waals surface area (Å²) in [5.41, 5.74) is 1.77. The molecular formula is C17H30N4O2. The molecule has 130 valence electrons. The number of nitrogens with one attached hydrogen (secondary N) is 2. The van der Waals surface area contributed by atoms with Gasteiger partial charge in [-0.2, -0.15) is 0 Å². The van der Waals surface area contributed by atoms with Crippen molar-refractivity contribution >= 4 is 6.09 Å². The summed E-state index contributed by atoms with van der Waals surface area (Å²) >= 11 is 0. The maximum Gasteiger partial charge on any atom is 0.410 e. The third-order valence-electron chi connectivity index (χ3n) is 4.21. The summed E-state index contributed by atoms with van der Waals surface area (Å²) in [6, 6.07) is 0. The van der Waals surface area contributed by atoms with Gasteiger partial charge in [-0.3, -0.25) is 0 Å². The van der Waals surface area contributed by atoms with Gasteiger partial charge in [0.2, 0.25) is 0 Å². The van der Waals surface area contributed by atoms with Crippen LogP contribution >= 0.6 is 0 Å². The van der Waals surface area contributed by atoms with E-state index in [0.717, 1.165) is 50.4 Å². The summed E-state index contributed by atoms with van der Waals surface area (Å²) in [6.45, 7) is 13.1. The van der Waals surface area contributed by atoms with E-state index in [1.165, 1.54) is 0 Å². The molecule has 1 atom stereocenters. The number of nitrogens with zero attached hydrogens (tertiary/aromatic N) is 2. The van der Waals surface area contributed by atoms with Crippen LogP contribution in [0.2, 0.25) is 0 Å². The average molecular weight is 322 g/mol. The van der Waals surface area contributed by atoms with Crippen molar-refractivity contribution in [1.82, 2.24) is 20.2 Å². The van der Waals surface area contributed by atoms with E-state index in [2.05, 4.69) is 22.2 Å². The molecule has 2 rings (SSSR count). The third-order valence-corrected chi connectivity index (χ3v) is 4.21. The lowest BCUT2D eigenvalue weighted by Gasteiger charge is -2.41. The smallest absolute Gasteiger partial charge is 0.410 e. The third kappa shape index (κ3) is 5.23. The molecule has 0 saturated carbocycles. The first kappa shape index (κ1) is 17.8. The first-order valence-corrected chi connectivity index (χ1v) is 8.36. The maximum atomic E-state index is 12.3. The molecule has 2 heterocycles. The Kier molecular flexibility index (Phi) is 5.34. The first-order valence-electron chi connectivity index (χ1n) is 8.36. The van der Waals surface area contributed by atoms with Gasteiger partial charge in [0.25, 0.3) is 0 Å². The minimum absolute atomic E-state index is 0.0688. The lowest BCUT2D eigenvalue weighted by molar-refractivity contribution is 0.00674. The van der Waals surface area contributed by atoms with Crippen LogP contribution < -0.4 is 5.32 Å². The van der Waals surface area contributed by atoms with E-state index in [9.17, 15) is 4.79 Å². The van der Waals surface area contributed by atoms with Crippen molar-refractivity contribution in [3.63, 3.8) is 0 Å². The van der Waals surface area contributed by atoms with Crippen molar-refractivity contribution < 1.29 is 9.53 Å². The van der Waals surface area contributed by atoms with E-state index in [-0.39, 0.29) is 11.5 Å². The van der Waals surface area contributed by atoms with Crippen LogP contribution in [0.5, 0.6) is 0 Å². The molecule has 1 unspecified atom stereocenters. The SMILES string of the molecule is Cc1[nH]cnc1CNCC1(C)CCCN(C(=O)OC(C)(C)C)C1. The summed E-state index contributed by atoms with van der Waals surface area (Å²) in [5.74, 6) is 0. The van der Waals surface area contributed by atoms with Gasteiger partial charge >= 0.3 is 6.09 Å². The van der Waals surface area contributed by atoms with Gasteiger partial charge in [-0.15, -0.1) is 0 Å². The van der Waals surface area contributed by atoms with Crippen LogP contribution in [0.25, 0.3) is 0 Å². The molecule has 1 aromatic heterocycles. The molecule has 1 aliphatic heterocycles. The zero-order valence-electron chi connectivity index (χ0n) is 15.0. The number of carbonyl (C=O) groups is 1. The number of ether oxygens (including phenoxy) is 1. The molecule has 2 N–H and O–H groups in total. The quantitative estimate of drug-likeness (QED) is 0.894. The van der Waals surface area contributed by atoms with Crippen molar-refractivity contribution in [2.45, 2.75) is 59.6 Å². The number of likely N-dealkylation sites (tertiary alicyclic amines) is 1. The van der Waals surface area contributed by atoms with Crippen LogP contribution in [0, 0.1) is 12.3 Å². The van der Waals surface area contributed by atoms with Crippen LogP contribution in [0.3, 0.4) is 0 Å². The topological polar surface area (TPSA) is 70.2 Å². The molecule has 1 saturated heterocycles. The fraction of sp³-hybridized carbons (Fsp3) is 0.765. The molecule has 0 aliphatic carbocycles. The molecule has 0 spiro atoms. The number of aromatic amines is 1. The molecule has 0 radical (unpaired) electrons. The Bertz CT molecular complexity index is 535. The molecule has 6 nitrogen and oxygen atoms in total. The van der Waals surface area contributed by atoms with E-state index in [0.29, 0.717) is 0 Å². The summed E-state index contributed by atoms with van der Waals surface area (Å²) < 4.78 is 5.50. The van der Waals surface area contributed by atoms with Crippen molar-refractivity contribution in [1.29, 1.82) is 0 Å². The van der Waals surface area contributed by atoms with E-state index in [1.54, 1.807) is 6.33 Å². The first-order chi connectivity index (χ1) is 10.7. The Morgan fingerprint density at radius 1 is 1.52 bits per heavy atom. The highest BCUT2D eigenvalue weighted by atomic mass is 16.6. The number of aryl methyl sites for hydroxylation is 1. The zero-order chi connectivity index (χ0) is 17.1. The van der Waals surface area contributed by atoms with Crippen molar-refractivity contribution in [3.05, 3.63) is 17.7 Å². The van der Waals surface area contributed by atoms with Gasteiger partial charge in [-0.25, -0.2) is 9.78 Å². The molecule has 0 bridgehead atoms. The Labute approximate surface area is 139 Å². The van der Waals surface area contributed by atoms with Crippen molar-refractivity contribution in [3.8, 4) is 0 Å². The Morgan fingerprint density at radius 2 is 2.26 bits per heavy atom. The monoisotopic (exact) mass is 322 g/mol. The minimum Gasteiger partial charge on any atom is -0.444 e. The van der Waals surface area contributed by atoms with Crippen LogP contribution in [-0.2, 0) is 11.3 Å². The van der Waals surface area contributed by atoms with Crippen LogP contribution in [0.15, 0.2) is 6.33 Å². The van der Waals surface area contributed by atoms with Gasteiger partial charge in [0, 0.05) is 31.9 Å². The number of rotatable bonds is 4. The number of carbonyl (C=O) groups excluding carboxylic acids is 1. The summed E-state index contributed by atoms with van der Waals surface area (Å²) in [4.78, 5) is 21.5. The number of hydrogen-bond acceptors (Lipinski definition) is 4. The maximum absolute atomic E-state index is 12.3. The zero-order valence-corrected chi connectivity index (χ0v) is 15.0. The van der Waals surface area contributed by atoms with E-state index >= 15 is 0 Å². The normalized spacial score (nSPS) is 22.2. The molecule has 6 heteroatoms. The standard InChI is InChI=1S/C17H30N4O2/c1-13-14(20-12-19-13)9-18-10-17(5)7-6-8-21(11-17)15(22)23-16(2,3)4/h12,18H,6-11H2,1-5H3,(H,19,20). The lowest BCUT2D eigenvalue weighted by atomic mass is 9.82. The Balaban J connectivity index is 1.86. The molecular weight excluding hydrogens is 292 g/mol. The van der Waals surface area contributed by atoms with Crippen LogP contribution in [-0.4, -0.2) is 46.2 Å². The van der Waals surface area contributed by atoms with E-state index in [4.69, 9.17) is 4.74 Å². The molecule has 1 aliphatic rings. The van der Waals surface area contributed by atoms with Crippen molar-refractivity contribution in [2.24, 2.45) is 5.41 Å². The van der Waals surface area contributed by atoms with Gasteiger partial charge in [0.1, 0.15) is 5.60 Å². The number of H-pyrrole nitrogens is 1. The van der Waals surface area contributed by atoms with Gasteiger partial charge < -0.3 is 19.9 Å². The Hall–Kier alpha value is -1.56. The lowest BCUT2D eigenvalue weighted by Crippen LogP contribution is -2.50. The largest absolute Gasteiger partial charge is 0.444 e. The Morgan fingerprint density at radius 3 is 2.87 bits per heavy atom. The van der Waals surface area contributed by atoms with Crippen molar-refractivity contribution in [2.75, 3.05) is 19.6 Å². The highest BCUT2D eigenvalue weighted by Gasteiger charge is 2.34. The molecule has 1 amide bonds. The van der Waals surface area contributed by atoms with Crippen LogP contribution in [0.1, 0.15) is 51.9 Å². The van der Waals surface area contributed by atoms with E-state index in [1.807, 2.05) is 32.6 Å². The number of amides is 1. The fourth-order valence-corrected chi connectivity index (χ4v) is 2.99. The number of piperidine rings is 1. The fourth-order valence-electron chi connectivity index (χ4n) is 2.99. The summed E-state index contributed by atoms with van der Waals surface area (Å²) in [5, 5.41) is 3.49. The van der Waals surface area contributed by atoms with Crippen LogP contribution in [0.4, 0.5) is 4.79 Å². The second-order valence-electron chi connectivity index (χ2n) is 7.89. The molecule has 0 aromatic carbocycles. The second-order valence-corrected chi connectivity index (χ2v) is 7.89. The predicted molar refractivity (Wildman–Crippen MR) is 90.2 cm³/mol. The van der Waals surface area contributed by atoms with Gasteiger partial charge in [0.05, 0.1) is 12.0 Å². The molecule has 1 aromatic rings. The van der Waals surface area contributed by atoms with E-state index < -0.39 is 5.60 Å². The number of aromatic nitrogens is 2. The number of imidazole rings is 1. The highest BCUT2D eigenvalue weighted by molar-refractivity contribution is 5.68. The van der Waals surface area contributed by atoms with Gasteiger partial charge in [0.15, 0.2) is 0 Å². The predicted octanol–water partition coefficient (Wildman–Crippen LogP) is 2.84. The number of hydrogen-bond donors (Lipinski definition) is 2. The average Bonchev–Trinajstić information content (AvgIpc) is 2.82. The summed E-state index contributed by atoms with van der Waals surface area (Å²) in [7, 11) is 0. The second kappa shape index (κ2) is 6.91.